The highest BCUT2D eigenvalue weighted by atomic mass is 14.7. The van der Waals surface area contributed by atoms with Crippen LogP contribution in [0.1, 0.15) is 17.2 Å². The minimum atomic E-state index is -0.0763. The van der Waals surface area contributed by atoms with Gasteiger partial charge in [-0.1, -0.05) is 24.3 Å². The second kappa shape index (κ2) is 4.03. The van der Waals surface area contributed by atoms with Crippen LogP contribution < -0.4 is 5.73 Å². The Morgan fingerprint density at radius 3 is 2.21 bits per heavy atom. The third-order valence-electron chi connectivity index (χ3n) is 2.17. The van der Waals surface area contributed by atoms with Gasteiger partial charge in [0, 0.05) is 12.4 Å². The summed E-state index contributed by atoms with van der Waals surface area (Å²) in [4.78, 5) is 3.96. The Bertz CT molecular complexity index is 344. The van der Waals surface area contributed by atoms with Crippen LogP contribution in [0.2, 0.25) is 0 Å². The zero-order valence-corrected chi connectivity index (χ0v) is 7.72. The zero-order valence-electron chi connectivity index (χ0n) is 7.72. The number of hydrogen-bond acceptors (Lipinski definition) is 2. The molecule has 1 unspecified atom stereocenters. The lowest BCUT2D eigenvalue weighted by Crippen LogP contribution is -2.11. The maximum Gasteiger partial charge on any atom is 0.0552 e. The number of pyridine rings is 1. The van der Waals surface area contributed by atoms with Crippen molar-refractivity contribution >= 4 is 0 Å². The van der Waals surface area contributed by atoms with Crippen molar-refractivity contribution in [1.82, 2.24) is 4.98 Å². The van der Waals surface area contributed by atoms with Gasteiger partial charge in [-0.3, -0.25) is 4.98 Å². The summed E-state index contributed by atoms with van der Waals surface area (Å²) < 4.78 is 0. The molecular formula is C12H11N2. The number of nitrogens with zero attached hydrogens (tertiary/aromatic N) is 1. The molecule has 1 atom stereocenters. The molecule has 2 N–H and O–H groups in total. The molecule has 0 saturated carbocycles. The van der Waals surface area contributed by atoms with E-state index in [1.165, 1.54) is 0 Å². The monoisotopic (exact) mass is 183 g/mol. The van der Waals surface area contributed by atoms with Crippen LogP contribution >= 0.6 is 0 Å². The third kappa shape index (κ3) is 1.80. The Kier molecular flexibility index (Phi) is 2.56. The van der Waals surface area contributed by atoms with Gasteiger partial charge in [-0.25, -0.2) is 0 Å². The molecule has 1 aromatic carbocycles. The molecule has 14 heavy (non-hydrogen) atoms. The van der Waals surface area contributed by atoms with E-state index in [0.717, 1.165) is 11.1 Å². The van der Waals surface area contributed by atoms with Crippen molar-refractivity contribution in [3.05, 3.63) is 66.0 Å². The number of nitrogens with two attached hydrogens (primary N) is 1. The molecule has 2 nitrogen and oxygen atoms in total. The summed E-state index contributed by atoms with van der Waals surface area (Å²) in [6.07, 6.45) is 3.51. The molecule has 0 aliphatic rings. The van der Waals surface area contributed by atoms with E-state index in [1.807, 2.05) is 36.4 Å². The Morgan fingerprint density at radius 1 is 1.00 bits per heavy atom. The number of hydrogen-bond donors (Lipinski definition) is 1. The summed E-state index contributed by atoms with van der Waals surface area (Å²) >= 11 is 0. The van der Waals surface area contributed by atoms with Crippen molar-refractivity contribution in [1.29, 1.82) is 0 Å². The van der Waals surface area contributed by atoms with Gasteiger partial charge < -0.3 is 5.73 Å². The van der Waals surface area contributed by atoms with Crippen molar-refractivity contribution in [2.45, 2.75) is 6.04 Å². The summed E-state index contributed by atoms with van der Waals surface area (Å²) in [6, 6.07) is 14.5. The second-order valence-electron chi connectivity index (χ2n) is 3.09. The second-order valence-corrected chi connectivity index (χ2v) is 3.09. The minimum absolute atomic E-state index is 0.0763. The minimum Gasteiger partial charge on any atom is -0.320 e. The first kappa shape index (κ1) is 8.91. The molecule has 2 heteroatoms. The maximum atomic E-state index is 6.07. The SMILES string of the molecule is NC(c1cc[c]cc1)c1ccncc1. The van der Waals surface area contributed by atoms with Gasteiger partial charge in [-0.15, -0.1) is 0 Å². The molecule has 69 valence electrons. The topological polar surface area (TPSA) is 38.9 Å². The first-order chi connectivity index (χ1) is 6.88. The van der Waals surface area contributed by atoms with Gasteiger partial charge in [-0.05, 0) is 29.3 Å². The summed E-state index contributed by atoms with van der Waals surface area (Å²) in [7, 11) is 0. The van der Waals surface area contributed by atoms with Gasteiger partial charge in [0.15, 0.2) is 0 Å². The molecule has 1 radical (unpaired) electrons. The normalized spacial score (nSPS) is 12.4. The van der Waals surface area contributed by atoms with Crippen LogP contribution in [-0.2, 0) is 0 Å². The molecule has 0 bridgehead atoms. The fourth-order valence-corrected chi connectivity index (χ4v) is 1.37. The lowest BCUT2D eigenvalue weighted by atomic mass is 10.0. The molecule has 1 aromatic heterocycles. The summed E-state index contributed by atoms with van der Waals surface area (Å²) in [6.45, 7) is 0. The van der Waals surface area contributed by atoms with Crippen LogP contribution in [0.4, 0.5) is 0 Å². The lowest BCUT2D eigenvalue weighted by Gasteiger charge is -2.11. The van der Waals surface area contributed by atoms with E-state index in [4.69, 9.17) is 5.73 Å². The molecule has 0 saturated heterocycles. The Labute approximate surface area is 83.4 Å². The molecule has 0 aliphatic heterocycles. The number of rotatable bonds is 2. The fraction of sp³-hybridized carbons (Fsp3) is 0.0833. The largest absolute Gasteiger partial charge is 0.320 e. The van der Waals surface area contributed by atoms with Gasteiger partial charge in [0.05, 0.1) is 6.04 Å². The quantitative estimate of drug-likeness (QED) is 0.772. The Balaban J connectivity index is 2.30. The summed E-state index contributed by atoms with van der Waals surface area (Å²) in [5.74, 6) is 0. The highest BCUT2D eigenvalue weighted by molar-refractivity contribution is 5.29. The van der Waals surface area contributed by atoms with E-state index in [2.05, 4.69) is 11.1 Å². The highest BCUT2D eigenvalue weighted by Gasteiger charge is 2.06. The average Bonchev–Trinajstić information content (AvgIpc) is 2.30. The van der Waals surface area contributed by atoms with Crippen LogP contribution in [0.5, 0.6) is 0 Å². The van der Waals surface area contributed by atoms with Crippen molar-refractivity contribution in [2.24, 2.45) is 5.73 Å². The van der Waals surface area contributed by atoms with Gasteiger partial charge in [0.2, 0.25) is 0 Å². The van der Waals surface area contributed by atoms with Gasteiger partial charge in [0.25, 0.3) is 0 Å². The molecule has 1 heterocycles. The number of aromatic nitrogens is 1. The lowest BCUT2D eigenvalue weighted by molar-refractivity contribution is 0.868. The fourth-order valence-electron chi connectivity index (χ4n) is 1.37. The number of benzene rings is 1. The van der Waals surface area contributed by atoms with E-state index in [9.17, 15) is 0 Å². The van der Waals surface area contributed by atoms with Gasteiger partial charge >= 0.3 is 0 Å². The first-order valence-corrected chi connectivity index (χ1v) is 4.49. The van der Waals surface area contributed by atoms with Crippen molar-refractivity contribution in [3.8, 4) is 0 Å². The highest BCUT2D eigenvalue weighted by Crippen LogP contribution is 2.17. The smallest absolute Gasteiger partial charge is 0.0552 e. The van der Waals surface area contributed by atoms with E-state index in [0.29, 0.717) is 0 Å². The van der Waals surface area contributed by atoms with E-state index in [-0.39, 0.29) is 6.04 Å². The average molecular weight is 183 g/mol. The predicted octanol–water partition coefficient (Wildman–Crippen LogP) is 1.93. The van der Waals surface area contributed by atoms with Crippen molar-refractivity contribution in [3.63, 3.8) is 0 Å². The molecule has 2 rings (SSSR count). The van der Waals surface area contributed by atoms with Gasteiger partial charge in [0.1, 0.15) is 0 Å². The standard InChI is InChI=1S/C12H11N2/c13-12(10-4-2-1-3-5-10)11-6-8-14-9-7-11/h2-9,12H,13H2. The Hall–Kier alpha value is -1.67. The summed E-state index contributed by atoms with van der Waals surface area (Å²) in [5.41, 5.74) is 8.24. The van der Waals surface area contributed by atoms with Crippen LogP contribution in [0.3, 0.4) is 0 Å². The molecule has 0 aliphatic carbocycles. The molecule has 0 fully saturated rings. The molecular weight excluding hydrogens is 172 g/mol. The maximum absolute atomic E-state index is 6.07. The zero-order chi connectivity index (χ0) is 9.80. The van der Waals surface area contributed by atoms with Gasteiger partial charge in [-0.2, -0.15) is 0 Å². The van der Waals surface area contributed by atoms with Crippen LogP contribution in [0, 0.1) is 6.07 Å². The summed E-state index contributed by atoms with van der Waals surface area (Å²) in [5, 5.41) is 0. The van der Waals surface area contributed by atoms with Crippen LogP contribution in [0.25, 0.3) is 0 Å². The predicted molar refractivity (Wildman–Crippen MR) is 55.5 cm³/mol. The van der Waals surface area contributed by atoms with E-state index in [1.54, 1.807) is 12.4 Å². The molecule has 0 spiro atoms. The van der Waals surface area contributed by atoms with Crippen LogP contribution in [-0.4, -0.2) is 4.98 Å². The van der Waals surface area contributed by atoms with Crippen molar-refractivity contribution < 1.29 is 0 Å². The first-order valence-electron chi connectivity index (χ1n) is 4.49. The van der Waals surface area contributed by atoms with Crippen molar-refractivity contribution in [2.75, 3.05) is 0 Å². The molecule has 0 amide bonds. The van der Waals surface area contributed by atoms with E-state index >= 15 is 0 Å². The Morgan fingerprint density at radius 2 is 1.57 bits per heavy atom. The molecule has 2 aromatic rings. The van der Waals surface area contributed by atoms with E-state index < -0.39 is 0 Å². The third-order valence-corrected chi connectivity index (χ3v) is 2.17. The van der Waals surface area contributed by atoms with Crippen LogP contribution in [0.15, 0.2) is 48.8 Å².